The first kappa shape index (κ1) is 17.7. The summed E-state index contributed by atoms with van der Waals surface area (Å²) in [5.41, 5.74) is 6.40. The number of hydrogen-bond donors (Lipinski definition) is 3. The number of nitrogen functional groups attached to an aromatic ring is 1. The number of nitrogens with zero attached hydrogens (tertiary/aromatic N) is 1. The molecule has 1 rings (SSSR count). The number of anilines is 2. The quantitative estimate of drug-likeness (QED) is 0.458. The van der Waals surface area contributed by atoms with Crippen molar-refractivity contribution in [1.29, 1.82) is 0 Å². The van der Waals surface area contributed by atoms with E-state index in [4.69, 9.17) is 10.9 Å². The van der Waals surface area contributed by atoms with Crippen molar-refractivity contribution in [3.05, 3.63) is 18.2 Å². The van der Waals surface area contributed by atoms with Gasteiger partial charge in [-0.15, -0.1) is 0 Å². The van der Waals surface area contributed by atoms with Gasteiger partial charge in [0.05, 0.1) is 17.1 Å². The SMILES string of the molecule is CN(C)S(=O)(=O)c1cccc(NCCCS(N)(=O)=O)c1N. The smallest absolute Gasteiger partial charge is 0.244 e. The lowest BCUT2D eigenvalue weighted by molar-refractivity contribution is 0.521. The Morgan fingerprint density at radius 3 is 2.33 bits per heavy atom. The average molecular weight is 336 g/mol. The van der Waals surface area contributed by atoms with Gasteiger partial charge in [-0.2, -0.15) is 0 Å². The van der Waals surface area contributed by atoms with Crippen LogP contribution in [0.2, 0.25) is 0 Å². The summed E-state index contributed by atoms with van der Waals surface area (Å²) in [6.07, 6.45) is 0.295. The molecule has 0 aliphatic heterocycles. The number of rotatable bonds is 7. The molecule has 0 atom stereocenters. The third-order valence-electron chi connectivity index (χ3n) is 2.75. The van der Waals surface area contributed by atoms with E-state index in [1.165, 1.54) is 20.2 Å². The number of nitrogens with two attached hydrogens (primary N) is 2. The Morgan fingerprint density at radius 2 is 1.81 bits per heavy atom. The first-order valence-corrected chi connectivity index (χ1v) is 9.26. The van der Waals surface area contributed by atoms with Crippen molar-refractivity contribution in [2.45, 2.75) is 11.3 Å². The van der Waals surface area contributed by atoms with Gasteiger partial charge in [-0.25, -0.2) is 26.3 Å². The Hall–Kier alpha value is -1.36. The molecule has 0 unspecified atom stereocenters. The molecule has 0 amide bonds. The summed E-state index contributed by atoms with van der Waals surface area (Å²) in [6.45, 7) is 0.312. The molecule has 10 heteroatoms. The summed E-state index contributed by atoms with van der Waals surface area (Å²) in [5.74, 6) is -0.157. The highest BCUT2D eigenvalue weighted by molar-refractivity contribution is 7.89. The third-order valence-corrected chi connectivity index (χ3v) is 5.48. The third kappa shape index (κ3) is 4.84. The second-order valence-electron chi connectivity index (χ2n) is 4.65. The van der Waals surface area contributed by atoms with E-state index in [1.807, 2.05) is 0 Å². The molecule has 5 N–H and O–H groups in total. The summed E-state index contributed by atoms with van der Waals surface area (Å²) in [5, 5.41) is 7.80. The van der Waals surface area contributed by atoms with Crippen LogP contribution < -0.4 is 16.2 Å². The Kier molecular flexibility index (Phi) is 5.56. The molecule has 0 saturated carbocycles. The van der Waals surface area contributed by atoms with Crippen LogP contribution in [0.1, 0.15) is 6.42 Å². The van der Waals surface area contributed by atoms with Gasteiger partial charge in [-0.1, -0.05) is 6.07 Å². The van der Waals surface area contributed by atoms with Crippen molar-refractivity contribution in [3.8, 4) is 0 Å². The highest BCUT2D eigenvalue weighted by Crippen LogP contribution is 2.28. The molecule has 0 saturated heterocycles. The lowest BCUT2D eigenvalue weighted by Gasteiger charge is -2.16. The maximum absolute atomic E-state index is 12.1. The van der Waals surface area contributed by atoms with E-state index in [1.54, 1.807) is 12.1 Å². The Morgan fingerprint density at radius 1 is 1.19 bits per heavy atom. The second-order valence-corrected chi connectivity index (χ2v) is 8.51. The van der Waals surface area contributed by atoms with Crippen molar-refractivity contribution >= 4 is 31.4 Å². The van der Waals surface area contributed by atoms with Crippen molar-refractivity contribution in [1.82, 2.24) is 4.31 Å². The minimum absolute atomic E-state index is 0.00365. The maximum Gasteiger partial charge on any atom is 0.244 e. The zero-order valence-electron chi connectivity index (χ0n) is 11.9. The molecule has 0 aromatic heterocycles. The van der Waals surface area contributed by atoms with E-state index in [-0.39, 0.29) is 16.3 Å². The van der Waals surface area contributed by atoms with Crippen LogP contribution in [0.3, 0.4) is 0 Å². The summed E-state index contributed by atoms with van der Waals surface area (Å²) < 4.78 is 46.9. The number of sulfonamides is 2. The van der Waals surface area contributed by atoms with E-state index in [2.05, 4.69) is 5.32 Å². The number of benzene rings is 1. The predicted octanol–water partition coefficient (Wildman–Crippen LogP) is -0.390. The summed E-state index contributed by atoms with van der Waals surface area (Å²) in [7, 11) is -4.30. The normalized spacial score (nSPS) is 12.6. The number of nitrogens with one attached hydrogen (secondary N) is 1. The first-order valence-electron chi connectivity index (χ1n) is 6.11. The van der Waals surface area contributed by atoms with Gasteiger partial charge in [0, 0.05) is 20.6 Å². The fraction of sp³-hybridized carbons (Fsp3) is 0.455. The topological polar surface area (TPSA) is 136 Å². The molecule has 21 heavy (non-hydrogen) atoms. The molecule has 0 bridgehead atoms. The van der Waals surface area contributed by atoms with Crippen molar-refractivity contribution in [3.63, 3.8) is 0 Å². The minimum atomic E-state index is -3.63. The molecule has 0 radical (unpaired) electrons. The highest BCUT2D eigenvalue weighted by Gasteiger charge is 2.21. The lowest BCUT2D eigenvalue weighted by Crippen LogP contribution is -2.23. The zero-order chi connectivity index (χ0) is 16.3. The first-order chi connectivity index (χ1) is 9.55. The monoisotopic (exact) mass is 336 g/mol. The Labute approximate surface area is 125 Å². The van der Waals surface area contributed by atoms with Crippen LogP contribution in [-0.4, -0.2) is 47.5 Å². The summed E-state index contributed by atoms with van der Waals surface area (Å²) in [4.78, 5) is 0.00365. The number of primary sulfonamides is 1. The van der Waals surface area contributed by atoms with Crippen LogP contribution in [0.25, 0.3) is 0 Å². The number of para-hydroxylation sites is 1. The fourth-order valence-electron chi connectivity index (χ4n) is 1.62. The van der Waals surface area contributed by atoms with Crippen LogP contribution in [0.15, 0.2) is 23.1 Å². The van der Waals surface area contributed by atoms with Gasteiger partial charge in [-0.3, -0.25) is 0 Å². The molecule has 0 fully saturated rings. The Balaban J connectivity index is 2.87. The predicted molar refractivity (Wildman–Crippen MR) is 82.8 cm³/mol. The molecule has 8 nitrogen and oxygen atoms in total. The molecule has 0 aliphatic rings. The molecular formula is C11H20N4O4S2. The van der Waals surface area contributed by atoms with E-state index < -0.39 is 20.0 Å². The highest BCUT2D eigenvalue weighted by atomic mass is 32.2. The zero-order valence-corrected chi connectivity index (χ0v) is 13.5. The average Bonchev–Trinajstić information content (AvgIpc) is 2.34. The minimum Gasteiger partial charge on any atom is -0.396 e. The van der Waals surface area contributed by atoms with Gasteiger partial charge < -0.3 is 11.1 Å². The lowest BCUT2D eigenvalue weighted by atomic mass is 10.2. The molecule has 0 heterocycles. The van der Waals surface area contributed by atoms with E-state index >= 15 is 0 Å². The largest absolute Gasteiger partial charge is 0.396 e. The molecule has 1 aromatic carbocycles. The van der Waals surface area contributed by atoms with Gasteiger partial charge in [-0.05, 0) is 18.6 Å². The standard InChI is InChI=1S/C11H20N4O4S2/c1-15(2)21(18,19)10-6-3-5-9(11(10)12)14-7-4-8-20(13,16)17/h3,5-6,14H,4,7-8,12H2,1-2H3,(H2,13,16,17). The van der Waals surface area contributed by atoms with Crippen LogP contribution >= 0.6 is 0 Å². The second kappa shape index (κ2) is 6.60. The van der Waals surface area contributed by atoms with Gasteiger partial charge in [0.25, 0.3) is 0 Å². The molecule has 120 valence electrons. The molecule has 0 aliphatic carbocycles. The van der Waals surface area contributed by atoms with Gasteiger partial charge >= 0.3 is 0 Å². The molecule has 1 aromatic rings. The van der Waals surface area contributed by atoms with Gasteiger partial charge in [0.2, 0.25) is 20.0 Å². The molecular weight excluding hydrogens is 316 g/mol. The van der Waals surface area contributed by atoms with Crippen LogP contribution in [-0.2, 0) is 20.0 Å². The van der Waals surface area contributed by atoms with E-state index in [0.717, 1.165) is 4.31 Å². The maximum atomic E-state index is 12.1. The van der Waals surface area contributed by atoms with Crippen molar-refractivity contribution < 1.29 is 16.8 Å². The fourth-order valence-corrected chi connectivity index (χ4v) is 3.19. The van der Waals surface area contributed by atoms with Crippen LogP contribution in [0.5, 0.6) is 0 Å². The summed E-state index contributed by atoms with van der Waals surface area (Å²) in [6, 6.07) is 4.61. The van der Waals surface area contributed by atoms with Gasteiger partial charge in [0.15, 0.2) is 0 Å². The van der Waals surface area contributed by atoms with Crippen molar-refractivity contribution in [2.24, 2.45) is 5.14 Å². The van der Waals surface area contributed by atoms with Crippen LogP contribution in [0.4, 0.5) is 11.4 Å². The van der Waals surface area contributed by atoms with Crippen molar-refractivity contribution in [2.75, 3.05) is 37.4 Å². The van der Waals surface area contributed by atoms with Gasteiger partial charge in [0.1, 0.15) is 4.90 Å². The Bertz CT molecular complexity index is 699. The molecule has 0 spiro atoms. The van der Waals surface area contributed by atoms with E-state index in [9.17, 15) is 16.8 Å². The van der Waals surface area contributed by atoms with E-state index in [0.29, 0.717) is 18.7 Å². The van der Waals surface area contributed by atoms with Crippen LogP contribution in [0, 0.1) is 0 Å². The summed E-state index contributed by atoms with van der Waals surface area (Å²) >= 11 is 0. The number of hydrogen-bond acceptors (Lipinski definition) is 6.